The number of sulfone groups is 1. The monoisotopic (exact) mass is 255 g/mol. The van der Waals surface area contributed by atoms with Gasteiger partial charge in [0.1, 0.15) is 0 Å². The van der Waals surface area contributed by atoms with Crippen LogP contribution in [0.25, 0.3) is 5.76 Å². The van der Waals surface area contributed by atoms with Crippen molar-refractivity contribution in [3.63, 3.8) is 0 Å². The first-order chi connectivity index (χ1) is 7.93. The first kappa shape index (κ1) is 11.8. The van der Waals surface area contributed by atoms with E-state index in [1.807, 2.05) is 0 Å². The van der Waals surface area contributed by atoms with E-state index in [9.17, 15) is 13.5 Å². The van der Waals surface area contributed by atoms with Gasteiger partial charge in [0, 0.05) is 11.0 Å². The summed E-state index contributed by atoms with van der Waals surface area (Å²) >= 11 is 0. The summed E-state index contributed by atoms with van der Waals surface area (Å²) in [6.07, 6.45) is 0. The van der Waals surface area contributed by atoms with Crippen LogP contribution < -0.4 is 14.6 Å². The fourth-order valence-electron chi connectivity index (χ4n) is 1.74. The van der Waals surface area contributed by atoms with E-state index in [1.165, 1.54) is 33.3 Å². The summed E-state index contributed by atoms with van der Waals surface area (Å²) < 4.78 is 33.9. The first-order valence-electron chi connectivity index (χ1n) is 4.83. The second kappa shape index (κ2) is 3.66. The van der Waals surface area contributed by atoms with Gasteiger partial charge < -0.3 is 14.6 Å². The van der Waals surface area contributed by atoms with Gasteiger partial charge in [-0.15, -0.1) is 0 Å². The standard InChI is InChI=1S/C11H12O5S/c1-6-11(12)7-4-8(15-2)9(16-3)5-10(7)17(6,13)14/h4-5,12H,1-3H3/p-1. The summed E-state index contributed by atoms with van der Waals surface area (Å²) in [5, 5.41) is 11.8. The van der Waals surface area contributed by atoms with Crippen molar-refractivity contribution < 1.29 is 23.0 Å². The molecule has 0 radical (unpaired) electrons. The molecule has 0 aromatic heterocycles. The smallest absolute Gasteiger partial charge is 0.202 e. The van der Waals surface area contributed by atoms with Crippen molar-refractivity contribution >= 4 is 15.6 Å². The maximum absolute atomic E-state index is 11.9. The Bertz CT molecular complexity index is 613. The number of fused-ring (bicyclic) bond motifs is 1. The second-order valence-corrected chi connectivity index (χ2v) is 5.65. The number of hydrogen-bond acceptors (Lipinski definition) is 5. The Labute approximate surface area is 99.2 Å². The summed E-state index contributed by atoms with van der Waals surface area (Å²) in [4.78, 5) is -0.180. The SMILES string of the molecule is COc1cc2c(cc1OC)S(=O)(=O)C(C)=C2[O-]. The fraction of sp³-hybridized carbons (Fsp3) is 0.273. The Morgan fingerprint density at radius 2 is 1.65 bits per heavy atom. The zero-order valence-electron chi connectivity index (χ0n) is 9.60. The fourth-order valence-corrected chi connectivity index (χ4v) is 3.12. The van der Waals surface area contributed by atoms with E-state index in [2.05, 4.69) is 0 Å². The molecular formula is C11H11O5S-. The van der Waals surface area contributed by atoms with Gasteiger partial charge in [-0.1, -0.05) is 5.76 Å². The van der Waals surface area contributed by atoms with Crippen molar-refractivity contribution in [1.82, 2.24) is 0 Å². The molecule has 6 heteroatoms. The molecule has 0 fully saturated rings. The van der Waals surface area contributed by atoms with Crippen LogP contribution in [0.2, 0.25) is 0 Å². The minimum absolute atomic E-state index is 0.0161. The van der Waals surface area contributed by atoms with Gasteiger partial charge in [0.2, 0.25) is 9.84 Å². The molecule has 1 aliphatic rings. The molecule has 0 atom stereocenters. The van der Waals surface area contributed by atoms with E-state index >= 15 is 0 Å². The van der Waals surface area contributed by atoms with Crippen molar-refractivity contribution in [2.24, 2.45) is 0 Å². The molecule has 0 spiro atoms. The Kier molecular flexibility index (Phi) is 2.54. The quantitative estimate of drug-likeness (QED) is 0.771. The zero-order valence-corrected chi connectivity index (χ0v) is 10.4. The number of allylic oxidation sites excluding steroid dienone is 1. The maximum Gasteiger partial charge on any atom is 0.202 e. The third-order valence-electron chi connectivity index (χ3n) is 2.74. The lowest BCUT2D eigenvalue weighted by Gasteiger charge is -2.12. The predicted molar refractivity (Wildman–Crippen MR) is 59.3 cm³/mol. The molecule has 0 aliphatic carbocycles. The topological polar surface area (TPSA) is 75.7 Å². The van der Waals surface area contributed by atoms with Crippen molar-refractivity contribution in [3.05, 3.63) is 22.6 Å². The Morgan fingerprint density at radius 3 is 2.18 bits per heavy atom. The number of rotatable bonds is 2. The van der Waals surface area contributed by atoms with Crippen molar-refractivity contribution in [3.8, 4) is 11.5 Å². The third-order valence-corrected chi connectivity index (χ3v) is 4.65. The largest absolute Gasteiger partial charge is 0.871 e. The molecule has 0 amide bonds. The van der Waals surface area contributed by atoms with Crippen molar-refractivity contribution in [1.29, 1.82) is 0 Å². The molecule has 0 bridgehead atoms. The van der Waals surface area contributed by atoms with E-state index in [0.29, 0.717) is 5.75 Å². The molecule has 1 aliphatic heterocycles. The highest BCUT2D eigenvalue weighted by Crippen LogP contribution is 2.42. The molecule has 92 valence electrons. The second-order valence-electron chi connectivity index (χ2n) is 3.59. The molecule has 2 rings (SSSR count). The number of methoxy groups -OCH3 is 2. The Hall–Kier alpha value is -1.69. The highest BCUT2D eigenvalue weighted by Gasteiger charge is 2.30. The lowest BCUT2D eigenvalue weighted by atomic mass is 10.1. The predicted octanol–water partition coefficient (Wildman–Crippen LogP) is 0.540. The van der Waals surface area contributed by atoms with E-state index in [0.717, 1.165) is 0 Å². The highest BCUT2D eigenvalue weighted by atomic mass is 32.2. The highest BCUT2D eigenvalue weighted by molar-refractivity contribution is 7.95. The number of benzene rings is 1. The van der Waals surface area contributed by atoms with Crippen LogP contribution in [0.1, 0.15) is 12.5 Å². The van der Waals surface area contributed by atoms with Crippen molar-refractivity contribution in [2.45, 2.75) is 11.8 Å². The van der Waals surface area contributed by atoms with Crippen LogP contribution in [0, 0.1) is 0 Å². The molecule has 5 nitrogen and oxygen atoms in total. The molecule has 1 aromatic carbocycles. The van der Waals surface area contributed by atoms with Crippen LogP contribution in [0.5, 0.6) is 11.5 Å². The minimum Gasteiger partial charge on any atom is -0.871 e. The molecular weight excluding hydrogens is 244 g/mol. The Balaban J connectivity index is 2.79. The molecule has 1 heterocycles. The summed E-state index contributed by atoms with van der Waals surface area (Å²) in [6, 6.07) is 2.71. The van der Waals surface area contributed by atoms with Gasteiger partial charge in [0.15, 0.2) is 11.5 Å². The van der Waals surface area contributed by atoms with Gasteiger partial charge in [-0.05, 0) is 18.6 Å². The average Bonchev–Trinajstić information content (AvgIpc) is 2.49. The van der Waals surface area contributed by atoms with Gasteiger partial charge in [-0.3, -0.25) is 0 Å². The van der Waals surface area contributed by atoms with E-state index in [4.69, 9.17) is 9.47 Å². The first-order valence-corrected chi connectivity index (χ1v) is 6.31. The summed E-state index contributed by atoms with van der Waals surface area (Å²) in [5.74, 6) is 0.141. The van der Waals surface area contributed by atoms with Crippen LogP contribution in [0.4, 0.5) is 0 Å². The van der Waals surface area contributed by atoms with Crippen LogP contribution in [0.3, 0.4) is 0 Å². The summed E-state index contributed by atoms with van der Waals surface area (Å²) in [5.41, 5.74) is 0.139. The molecule has 0 N–H and O–H groups in total. The average molecular weight is 255 g/mol. The van der Waals surface area contributed by atoms with Gasteiger partial charge in [0.25, 0.3) is 0 Å². The summed E-state index contributed by atoms with van der Waals surface area (Å²) in [7, 11) is -0.827. The number of hydrogen-bond donors (Lipinski definition) is 0. The van der Waals surface area contributed by atoms with Gasteiger partial charge in [-0.2, -0.15) is 0 Å². The summed E-state index contributed by atoms with van der Waals surface area (Å²) in [6.45, 7) is 1.30. The van der Waals surface area contributed by atoms with E-state index < -0.39 is 15.6 Å². The lowest BCUT2D eigenvalue weighted by Crippen LogP contribution is -2.02. The van der Waals surface area contributed by atoms with Gasteiger partial charge >= 0.3 is 0 Å². The number of ether oxygens (including phenoxy) is 2. The zero-order chi connectivity index (χ0) is 12.8. The van der Waals surface area contributed by atoms with Crippen molar-refractivity contribution in [2.75, 3.05) is 14.2 Å². The maximum atomic E-state index is 11.9. The molecule has 0 saturated heterocycles. The van der Waals surface area contributed by atoms with Gasteiger partial charge in [-0.25, -0.2) is 8.42 Å². The van der Waals surface area contributed by atoms with E-state index in [-0.39, 0.29) is 21.1 Å². The normalized spacial score (nSPS) is 16.9. The molecule has 17 heavy (non-hydrogen) atoms. The van der Waals surface area contributed by atoms with Gasteiger partial charge in [0.05, 0.1) is 19.1 Å². The van der Waals surface area contributed by atoms with Crippen LogP contribution in [0.15, 0.2) is 21.9 Å². The third kappa shape index (κ3) is 1.48. The lowest BCUT2D eigenvalue weighted by molar-refractivity contribution is -0.244. The molecule has 0 unspecified atom stereocenters. The van der Waals surface area contributed by atoms with Crippen LogP contribution >= 0.6 is 0 Å². The van der Waals surface area contributed by atoms with E-state index in [1.54, 1.807) is 0 Å². The molecule has 1 aromatic rings. The van der Waals surface area contributed by atoms with Crippen LogP contribution in [-0.2, 0) is 9.84 Å². The Morgan fingerprint density at radius 1 is 1.12 bits per heavy atom. The molecule has 0 saturated carbocycles. The minimum atomic E-state index is -3.66. The van der Waals surface area contributed by atoms with Crippen LogP contribution in [-0.4, -0.2) is 22.6 Å².